The molecule has 0 radical (unpaired) electrons. The van der Waals surface area contributed by atoms with Crippen LogP contribution in [0.4, 0.5) is 0 Å². The summed E-state index contributed by atoms with van der Waals surface area (Å²) < 4.78 is 30.2. The van der Waals surface area contributed by atoms with Gasteiger partial charge in [-0.25, -0.2) is 0 Å². The Hall–Kier alpha value is -3.18. The van der Waals surface area contributed by atoms with Crippen molar-refractivity contribution in [2.75, 3.05) is 19.8 Å². The minimum atomic E-state index is -1.30. The highest BCUT2D eigenvalue weighted by atomic mass is 16.6. The summed E-state index contributed by atoms with van der Waals surface area (Å²) in [4.78, 5) is 69.8. The fraction of sp³-hybridized carbons (Fsp3) is 0.714. The number of rotatable bonds is 15. The maximum atomic E-state index is 12.4. The quantitative estimate of drug-likeness (QED) is 0.244. The van der Waals surface area contributed by atoms with Crippen LogP contribution in [0.15, 0.2) is 0 Å². The van der Waals surface area contributed by atoms with Gasteiger partial charge in [0.25, 0.3) is 0 Å². The first kappa shape index (κ1) is 29.8. The molecule has 0 aliphatic heterocycles. The van der Waals surface area contributed by atoms with Crippen LogP contribution in [-0.2, 0) is 57.2 Å². The molecule has 12 heteroatoms. The molecular formula is C21H32O12. The molecule has 0 aliphatic rings. The van der Waals surface area contributed by atoms with E-state index in [0.29, 0.717) is 0 Å². The van der Waals surface area contributed by atoms with E-state index >= 15 is 0 Å². The zero-order valence-corrected chi connectivity index (χ0v) is 19.6. The van der Waals surface area contributed by atoms with Gasteiger partial charge in [-0.15, -0.1) is 0 Å². The lowest BCUT2D eigenvalue weighted by Gasteiger charge is -2.26. The fourth-order valence-electron chi connectivity index (χ4n) is 2.22. The summed E-state index contributed by atoms with van der Waals surface area (Å²) in [5.41, 5.74) is 0. The van der Waals surface area contributed by atoms with Crippen molar-refractivity contribution in [3.8, 4) is 0 Å². The van der Waals surface area contributed by atoms with Crippen LogP contribution in [0.3, 0.4) is 0 Å². The number of hydrogen-bond donors (Lipinski definition) is 0. The van der Waals surface area contributed by atoms with Crippen LogP contribution in [0.5, 0.6) is 0 Å². The van der Waals surface area contributed by atoms with E-state index in [1.807, 2.05) is 0 Å². The Balaban J connectivity index is 5.33. The van der Waals surface area contributed by atoms with E-state index in [9.17, 15) is 28.8 Å². The second kappa shape index (κ2) is 16.5. The van der Waals surface area contributed by atoms with Gasteiger partial charge in [0.1, 0.15) is 19.8 Å². The van der Waals surface area contributed by atoms with E-state index in [1.54, 1.807) is 6.92 Å². The Kier molecular flexibility index (Phi) is 14.9. The molecule has 0 saturated heterocycles. The summed E-state index contributed by atoms with van der Waals surface area (Å²) in [5.74, 6) is -4.10. The monoisotopic (exact) mass is 476 g/mol. The van der Waals surface area contributed by atoms with Gasteiger partial charge in [0, 0.05) is 33.1 Å². The van der Waals surface area contributed by atoms with Gasteiger partial charge in [0.15, 0.2) is 18.3 Å². The minimum Gasteiger partial charge on any atom is -0.462 e. The van der Waals surface area contributed by atoms with Crippen LogP contribution >= 0.6 is 0 Å². The van der Waals surface area contributed by atoms with Crippen molar-refractivity contribution in [3.05, 3.63) is 0 Å². The Morgan fingerprint density at radius 2 is 1.03 bits per heavy atom. The molecule has 33 heavy (non-hydrogen) atoms. The molecule has 0 fully saturated rings. The average molecular weight is 476 g/mol. The Bertz CT molecular complexity index is 687. The molecule has 3 unspecified atom stereocenters. The van der Waals surface area contributed by atoms with Gasteiger partial charge in [-0.05, 0) is 0 Å². The summed E-state index contributed by atoms with van der Waals surface area (Å²) >= 11 is 0. The third kappa shape index (κ3) is 14.5. The van der Waals surface area contributed by atoms with Crippen LogP contribution in [0.2, 0.25) is 0 Å². The molecule has 0 aromatic rings. The largest absolute Gasteiger partial charge is 0.462 e. The standard InChI is InChI=1S/C21H32O12/c1-6-18(24)30-12-17(33-20(26)8-3)16(32-19(25)7-2)9-21(27)29-11-15(31-14(5)23)10-28-13(4)22/h15-17H,6-12H2,1-5H3. The second-order valence-electron chi connectivity index (χ2n) is 6.72. The van der Waals surface area contributed by atoms with Crippen LogP contribution < -0.4 is 0 Å². The molecular weight excluding hydrogens is 444 g/mol. The SMILES string of the molecule is CCC(=O)OCC(OC(=O)CC)C(CC(=O)OCC(COC(C)=O)OC(C)=O)OC(=O)CC. The van der Waals surface area contributed by atoms with Gasteiger partial charge >= 0.3 is 35.8 Å². The number of ether oxygens (including phenoxy) is 6. The predicted octanol–water partition coefficient (Wildman–Crippen LogP) is 1.01. The lowest BCUT2D eigenvalue weighted by molar-refractivity contribution is -0.180. The molecule has 0 amide bonds. The predicted molar refractivity (Wildman–Crippen MR) is 109 cm³/mol. The normalized spacial score (nSPS) is 13.0. The van der Waals surface area contributed by atoms with E-state index in [-0.39, 0.29) is 25.9 Å². The maximum absolute atomic E-state index is 12.4. The highest BCUT2D eigenvalue weighted by Crippen LogP contribution is 2.14. The topological polar surface area (TPSA) is 158 Å². The molecule has 0 bridgehead atoms. The molecule has 0 heterocycles. The lowest BCUT2D eigenvalue weighted by Crippen LogP contribution is -2.41. The van der Waals surface area contributed by atoms with E-state index < -0.39 is 73.8 Å². The lowest BCUT2D eigenvalue weighted by atomic mass is 10.1. The van der Waals surface area contributed by atoms with Crippen LogP contribution in [-0.4, -0.2) is 73.9 Å². The molecule has 0 aromatic heterocycles. The third-order valence-electron chi connectivity index (χ3n) is 3.86. The minimum absolute atomic E-state index is 0.00265. The number of esters is 6. The van der Waals surface area contributed by atoms with E-state index in [0.717, 1.165) is 13.8 Å². The zero-order valence-electron chi connectivity index (χ0n) is 19.6. The van der Waals surface area contributed by atoms with Gasteiger partial charge in [0.05, 0.1) is 6.42 Å². The molecule has 0 spiro atoms. The van der Waals surface area contributed by atoms with Gasteiger partial charge in [-0.2, -0.15) is 0 Å². The van der Waals surface area contributed by atoms with E-state index in [2.05, 4.69) is 0 Å². The molecule has 12 nitrogen and oxygen atoms in total. The molecule has 0 saturated carbocycles. The van der Waals surface area contributed by atoms with Crippen molar-refractivity contribution < 1.29 is 57.2 Å². The fourth-order valence-corrected chi connectivity index (χ4v) is 2.22. The zero-order chi connectivity index (χ0) is 25.4. The van der Waals surface area contributed by atoms with Crippen molar-refractivity contribution in [2.45, 2.75) is 78.6 Å². The molecule has 0 N–H and O–H groups in total. The van der Waals surface area contributed by atoms with Gasteiger partial charge in [-0.3, -0.25) is 28.8 Å². The van der Waals surface area contributed by atoms with Crippen LogP contribution in [0, 0.1) is 0 Å². The summed E-state index contributed by atoms with van der Waals surface area (Å²) in [6.45, 7) is 5.72. The van der Waals surface area contributed by atoms with E-state index in [4.69, 9.17) is 28.4 Å². The van der Waals surface area contributed by atoms with Crippen molar-refractivity contribution in [2.24, 2.45) is 0 Å². The summed E-state index contributed by atoms with van der Waals surface area (Å²) in [6, 6.07) is 0. The highest BCUT2D eigenvalue weighted by Gasteiger charge is 2.32. The first-order valence-corrected chi connectivity index (χ1v) is 10.5. The highest BCUT2D eigenvalue weighted by molar-refractivity contribution is 5.73. The summed E-state index contributed by atoms with van der Waals surface area (Å²) in [5, 5.41) is 0. The Morgan fingerprint density at radius 3 is 1.52 bits per heavy atom. The maximum Gasteiger partial charge on any atom is 0.309 e. The van der Waals surface area contributed by atoms with E-state index in [1.165, 1.54) is 13.8 Å². The third-order valence-corrected chi connectivity index (χ3v) is 3.86. The smallest absolute Gasteiger partial charge is 0.309 e. The Morgan fingerprint density at radius 1 is 0.545 bits per heavy atom. The van der Waals surface area contributed by atoms with Gasteiger partial charge in [0.2, 0.25) is 0 Å². The van der Waals surface area contributed by atoms with Crippen LogP contribution in [0.25, 0.3) is 0 Å². The Labute approximate surface area is 192 Å². The average Bonchev–Trinajstić information content (AvgIpc) is 2.76. The molecule has 188 valence electrons. The first-order valence-electron chi connectivity index (χ1n) is 10.5. The molecule has 0 rings (SSSR count). The molecule has 3 atom stereocenters. The molecule has 0 aliphatic carbocycles. The first-order chi connectivity index (χ1) is 15.5. The van der Waals surface area contributed by atoms with Crippen molar-refractivity contribution in [1.29, 1.82) is 0 Å². The number of carbonyl (C=O) groups excluding carboxylic acids is 6. The number of carbonyl (C=O) groups is 6. The summed E-state index contributed by atoms with van der Waals surface area (Å²) in [7, 11) is 0. The van der Waals surface area contributed by atoms with Crippen molar-refractivity contribution >= 4 is 35.8 Å². The van der Waals surface area contributed by atoms with Crippen molar-refractivity contribution in [3.63, 3.8) is 0 Å². The van der Waals surface area contributed by atoms with Crippen LogP contribution in [0.1, 0.15) is 60.3 Å². The summed E-state index contributed by atoms with van der Waals surface area (Å²) in [6.07, 6.45) is -4.10. The second-order valence-corrected chi connectivity index (χ2v) is 6.72. The van der Waals surface area contributed by atoms with Gasteiger partial charge < -0.3 is 28.4 Å². The van der Waals surface area contributed by atoms with Crippen molar-refractivity contribution in [1.82, 2.24) is 0 Å². The molecule has 0 aromatic carbocycles. The number of hydrogen-bond acceptors (Lipinski definition) is 12. The van der Waals surface area contributed by atoms with Gasteiger partial charge in [-0.1, -0.05) is 20.8 Å².